The molecule has 0 saturated carbocycles. The van der Waals surface area contributed by atoms with E-state index in [9.17, 15) is 14.4 Å². The summed E-state index contributed by atoms with van der Waals surface area (Å²) in [6, 6.07) is 0. The van der Waals surface area contributed by atoms with Crippen LogP contribution in [0.25, 0.3) is 0 Å². The van der Waals surface area contributed by atoms with Gasteiger partial charge in [-0.25, -0.2) is 0 Å². The molecule has 0 radical (unpaired) electrons. The minimum absolute atomic E-state index is 0.114. The molecule has 0 N–H and O–H groups in total. The lowest BCUT2D eigenvalue weighted by Gasteiger charge is -2.18. The Bertz CT molecular complexity index is 1810. The highest BCUT2D eigenvalue weighted by Gasteiger charge is 2.19. The summed E-state index contributed by atoms with van der Waals surface area (Å²) in [6.07, 6.45) is 98.6. The van der Waals surface area contributed by atoms with Crippen LogP contribution in [0.1, 0.15) is 278 Å². The van der Waals surface area contributed by atoms with Crippen molar-refractivity contribution in [3.8, 4) is 0 Å². The average Bonchev–Trinajstić information content (AvgIpc) is 3.46. The number of carbonyl (C=O) groups excluding carboxylic acids is 3. The van der Waals surface area contributed by atoms with Crippen molar-refractivity contribution < 1.29 is 28.6 Å². The smallest absolute Gasteiger partial charge is 0.306 e. The molecule has 6 heteroatoms. The minimum Gasteiger partial charge on any atom is -0.462 e. The molecule has 0 aliphatic carbocycles. The van der Waals surface area contributed by atoms with Crippen LogP contribution >= 0.6 is 0 Å². The topological polar surface area (TPSA) is 78.9 Å². The highest BCUT2D eigenvalue weighted by atomic mass is 16.6. The minimum atomic E-state index is -0.826. The van der Waals surface area contributed by atoms with Crippen LogP contribution in [-0.2, 0) is 28.6 Å². The fraction of sp³-hybridized carbons (Fsp3) is 0.613. The first-order valence-electron chi connectivity index (χ1n) is 33.0. The molecule has 0 saturated heterocycles. The third-order valence-electron chi connectivity index (χ3n) is 13.5. The Labute approximate surface area is 499 Å². The third-order valence-corrected chi connectivity index (χ3v) is 13.5. The van der Waals surface area contributed by atoms with E-state index in [0.717, 1.165) is 135 Å². The Morgan fingerprint density at radius 2 is 0.469 bits per heavy atom. The zero-order valence-electron chi connectivity index (χ0n) is 52.2. The Balaban J connectivity index is 4.26. The standard InChI is InChI=1S/C75H120O6/c1-4-7-10-13-16-19-22-25-27-29-30-31-32-33-34-35-36-37-38-39-40-41-42-43-44-46-47-50-53-56-59-62-65-68-74(77)80-71-72(70-79-73(76)67-64-61-58-55-52-49-24-21-18-15-12-9-6-3)81-75(78)69-66-63-60-57-54-51-48-45-28-26-23-20-17-14-11-8-5-2/h7-12,16-21,25-28,30-31,33-34,48-49,51-52,58,61,72H,4-6,13-15,22-24,29,32,35-47,50,53-57,59-60,62-71H2,1-3H3/b10-7-,11-8-,12-9-,19-16-,20-17-,21-18-,27-25-,28-26-,31-30-,34-33-,51-48-,52-49-,61-58-. The van der Waals surface area contributed by atoms with E-state index in [4.69, 9.17) is 14.2 Å². The SMILES string of the molecule is CC/C=C\C/C=C\C/C=C\C/C=C\C/C=C\CCCCCCCCCCCCCCCCCCCC(=O)OCC(COC(=O)CC/C=C\C/C=C\C/C=C\C/C=C\CC)OC(=O)CCCCCC/C=C\C/C=C\C/C=C\C/C=C\CC. The van der Waals surface area contributed by atoms with Crippen LogP contribution in [0, 0.1) is 0 Å². The molecule has 0 bridgehead atoms. The first-order valence-corrected chi connectivity index (χ1v) is 33.0. The Hall–Kier alpha value is -4.97. The van der Waals surface area contributed by atoms with Gasteiger partial charge in [0, 0.05) is 19.3 Å². The van der Waals surface area contributed by atoms with Crippen molar-refractivity contribution >= 4 is 17.9 Å². The van der Waals surface area contributed by atoms with Gasteiger partial charge in [-0.2, -0.15) is 0 Å². The van der Waals surface area contributed by atoms with Crippen molar-refractivity contribution in [2.24, 2.45) is 0 Å². The van der Waals surface area contributed by atoms with Gasteiger partial charge in [0.2, 0.25) is 0 Å². The number of hydrogen-bond donors (Lipinski definition) is 0. The summed E-state index contributed by atoms with van der Waals surface area (Å²) in [5.74, 6) is -1.02. The van der Waals surface area contributed by atoms with E-state index in [2.05, 4.69) is 167 Å². The van der Waals surface area contributed by atoms with Crippen LogP contribution in [0.2, 0.25) is 0 Å². The highest BCUT2D eigenvalue weighted by Crippen LogP contribution is 2.16. The number of hydrogen-bond acceptors (Lipinski definition) is 6. The fourth-order valence-corrected chi connectivity index (χ4v) is 8.71. The van der Waals surface area contributed by atoms with Crippen LogP contribution in [0.4, 0.5) is 0 Å². The maximum Gasteiger partial charge on any atom is 0.306 e. The Morgan fingerprint density at radius 3 is 0.765 bits per heavy atom. The largest absolute Gasteiger partial charge is 0.462 e. The molecule has 0 aromatic carbocycles. The van der Waals surface area contributed by atoms with Gasteiger partial charge < -0.3 is 14.2 Å². The van der Waals surface area contributed by atoms with Gasteiger partial charge in [-0.3, -0.25) is 14.4 Å². The van der Waals surface area contributed by atoms with Gasteiger partial charge in [-0.1, -0.05) is 288 Å². The zero-order valence-corrected chi connectivity index (χ0v) is 52.2. The third kappa shape index (κ3) is 65.7. The molecule has 0 spiro atoms. The van der Waals surface area contributed by atoms with E-state index in [0.29, 0.717) is 12.8 Å². The quantitative estimate of drug-likeness (QED) is 0.0261. The first kappa shape index (κ1) is 76.0. The Kier molecular flexibility index (Phi) is 63.4. The molecule has 1 unspecified atom stereocenters. The van der Waals surface area contributed by atoms with Crippen LogP contribution in [0.3, 0.4) is 0 Å². The molecular weight excluding hydrogens is 997 g/mol. The van der Waals surface area contributed by atoms with Gasteiger partial charge in [0.1, 0.15) is 13.2 Å². The molecule has 1 atom stereocenters. The van der Waals surface area contributed by atoms with E-state index in [1.807, 2.05) is 12.2 Å². The molecule has 0 aliphatic rings. The fourth-order valence-electron chi connectivity index (χ4n) is 8.71. The van der Waals surface area contributed by atoms with Crippen LogP contribution in [0.15, 0.2) is 158 Å². The number of unbranched alkanes of at least 4 members (excludes halogenated alkanes) is 21. The number of carbonyl (C=O) groups is 3. The first-order chi connectivity index (χ1) is 40.0. The molecule has 81 heavy (non-hydrogen) atoms. The molecule has 0 aromatic heterocycles. The van der Waals surface area contributed by atoms with Gasteiger partial charge in [0.15, 0.2) is 6.10 Å². The summed E-state index contributed by atoms with van der Waals surface area (Å²) in [7, 11) is 0. The lowest BCUT2D eigenvalue weighted by molar-refractivity contribution is -0.166. The van der Waals surface area contributed by atoms with Crippen molar-refractivity contribution in [2.75, 3.05) is 13.2 Å². The second kappa shape index (κ2) is 67.5. The number of ether oxygens (including phenoxy) is 3. The average molecular weight is 1120 g/mol. The normalized spacial score (nSPS) is 13.2. The van der Waals surface area contributed by atoms with Crippen LogP contribution in [0.5, 0.6) is 0 Å². The second-order valence-electron chi connectivity index (χ2n) is 21.2. The number of rotatable bonds is 58. The molecule has 0 aromatic rings. The van der Waals surface area contributed by atoms with Crippen molar-refractivity contribution in [2.45, 2.75) is 284 Å². The van der Waals surface area contributed by atoms with E-state index < -0.39 is 6.10 Å². The van der Waals surface area contributed by atoms with Crippen LogP contribution < -0.4 is 0 Å². The predicted molar refractivity (Wildman–Crippen MR) is 352 cm³/mol. The van der Waals surface area contributed by atoms with E-state index in [1.54, 1.807) is 0 Å². The summed E-state index contributed by atoms with van der Waals surface area (Å²) in [5, 5.41) is 0. The Morgan fingerprint density at radius 1 is 0.247 bits per heavy atom. The maximum atomic E-state index is 12.9. The monoisotopic (exact) mass is 1120 g/mol. The van der Waals surface area contributed by atoms with Crippen molar-refractivity contribution in [1.29, 1.82) is 0 Å². The van der Waals surface area contributed by atoms with Crippen molar-refractivity contribution in [1.82, 2.24) is 0 Å². The molecule has 0 rings (SSSR count). The summed E-state index contributed by atoms with van der Waals surface area (Å²) in [5.41, 5.74) is 0. The lowest BCUT2D eigenvalue weighted by Crippen LogP contribution is -2.30. The molecule has 0 aliphatic heterocycles. The summed E-state index contributed by atoms with van der Waals surface area (Å²) in [6.45, 7) is 6.21. The van der Waals surface area contributed by atoms with Crippen molar-refractivity contribution in [3.63, 3.8) is 0 Å². The molecule has 6 nitrogen and oxygen atoms in total. The van der Waals surface area contributed by atoms with Crippen molar-refractivity contribution in [3.05, 3.63) is 158 Å². The summed E-state index contributed by atoms with van der Waals surface area (Å²) < 4.78 is 16.8. The number of esters is 3. The molecule has 0 fully saturated rings. The van der Waals surface area contributed by atoms with E-state index in [-0.39, 0.29) is 44.0 Å². The molecule has 456 valence electrons. The predicted octanol–water partition coefficient (Wildman–Crippen LogP) is 22.9. The molecular formula is C75H120O6. The van der Waals surface area contributed by atoms with Crippen LogP contribution in [-0.4, -0.2) is 37.2 Å². The maximum absolute atomic E-state index is 12.9. The molecule has 0 amide bonds. The zero-order chi connectivity index (χ0) is 58.5. The second-order valence-corrected chi connectivity index (χ2v) is 21.2. The van der Waals surface area contributed by atoms with Gasteiger partial charge in [0.25, 0.3) is 0 Å². The number of allylic oxidation sites excluding steroid dienone is 26. The van der Waals surface area contributed by atoms with E-state index in [1.165, 1.54) is 96.3 Å². The van der Waals surface area contributed by atoms with Gasteiger partial charge in [0.05, 0.1) is 0 Å². The van der Waals surface area contributed by atoms with E-state index >= 15 is 0 Å². The summed E-state index contributed by atoms with van der Waals surface area (Å²) in [4.78, 5) is 38.2. The van der Waals surface area contributed by atoms with Gasteiger partial charge in [-0.05, 0) is 128 Å². The highest BCUT2D eigenvalue weighted by molar-refractivity contribution is 5.71. The lowest BCUT2D eigenvalue weighted by atomic mass is 10.0. The van der Waals surface area contributed by atoms with Gasteiger partial charge in [-0.15, -0.1) is 0 Å². The summed E-state index contributed by atoms with van der Waals surface area (Å²) >= 11 is 0. The molecule has 0 heterocycles. The van der Waals surface area contributed by atoms with Gasteiger partial charge >= 0.3 is 17.9 Å².